The number of piperidine rings is 1. The number of rotatable bonds is 1. The first-order valence-corrected chi connectivity index (χ1v) is 8.35. The third-order valence-electron chi connectivity index (χ3n) is 4.75. The van der Waals surface area contributed by atoms with E-state index in [-0.39, 0.29) is 5.41 Å². The van der Waals surface area contributed by atoms with Crippen LogP contribution >= 0.6 is 0 Å². The van der Waals surface area contributed by atoms with Crippen LogP contribution < -0.4 is 0 Å². The van der Waals surface area contributed by atoms with E-state index < -0.39 is 9.84 Å². The van der Waals surface area contributed by atoms with Crippen LogP contribution in [0.3, 0.4) is 0 Å². The molecule has 3 aliphatic rings. The van der Waals surface area contributed by atoms with Gasteiger partial charge < -0.3 is 4.90 Å². The van der Waals surface area contributed by atoms with Gasteiger partial charge in [-0.3, -0.25) is 0 Å². The molecule has 0 N–H and O–H groups in total. The molecule has 0 aromatic rings. The Morgan fingerprint density at radius 1 is 1.00 bits per heavy atom. The van der Waals surface area contributed by atoms with Crippen LogP contribution in [0.5, 0.6) is 0 Å². The molecule has 0 bridgehead atoms. The molecule has 3 nitrogen and oxygen atoms in total. The zero-order chi connectivity index (χ0) is 11.2. The molecule has 2 aliphatic heterocycles. The Hall–Kier alpha value is -0.0900. The first-order chi connectivity index (χ1) is 7.59. The molecule has 0 aromatic carbocycles. The summed E-state index contributed by atoms with van der Waals surface area (Å²) in [6, 6.07) is 0.814. The van der Waals surface area contributed by atoms with E-state index in [0.717, 1.165) is 32.0 Å². The van der Waals surface area contributed by atoms with E-state index in [1.165, 1.54) is 25.7 Å². The summed E-state index contributed by atoms with van der Waals surface area (Å²) in [5, 5.41) is 0. The molecular formula is C12H21NO2S. The van der Waals surface area contributed by atoms with E-state index in [0.29, 0.717) is 11.5 Å². The van der Waals surface area contributed by atoms with Gasteiger partial charge in [-0.2, -0.15) is 0 Å². The smallest absolute Gasteiger partial charge is 0.151 e. The number of hydrogen-bond donors (Lipinski definition) is 0. The molecule has 1 aliphatic carbocycles. The lowest BCUT2D eigenvalue weighted by atomic mass is 9.81. The minimum atomic E-state index is -2.64. The van der Waals surface area contributed by atoms with E-state index in [9.17, 15) is 8.42 Å². The van der Waals surface area contributed by atoms with E-state index in [4.69, 9.17) is 0 Å². The van der Waals surface area contributed by atoms with Crippen LogP contribution in [-0.2, 0) is 9.84 Å². The zero-order valence-electron chi connectivity index (χ0n) is 9.82. The Bertz CT molecular complexity index is 348. The number of nitrogens with zero attached hydrogens (tertiary/aromatic N) is 1. The van der Waals surface area contributed by atoms with Gasteiger partial charge in [0.15, 0.2) is 9.84 Å². The van der Waals surface area contributed by atoms with E-state index in [2.05, 4.69) is 4.90 Å². The lowest BCUT2D eigenvalue weighted by Crippen LogP contribution is -2.55. The highest BCUT2D eigenvalue weighted by Gasteiger charge is 2.49. The second-order valence-corrected chi connectivity index (χ2v) is 8.07. The molecule has 4 heteroatoms. The van der Waals surface area contributed by atoms with E-state index in [1.54, 1.807) is 0 Å². The standard InChI is InChI=1S/C12H21NO2S/c14-16(15)9-12(10-16)5-7-13(8-6-12)11-3-1-2-4-11/h11H,1-10H2. The molecule has 0 unspecified atom stereocenters. The molecule has 3 rings (SSSR count). The number of hydrogen-bond acceptors (Lipinski definition) is 3. The molecule has 3 fully saturated rings. The van der Waals surface area contributed by atoms with Crippen molar-refractivity contribution in [2.75, 3.05) is 24.6 Å². The fourth-order valence-corrected chi connectivity index (χ4v) is 6.17. The SMILES string of the molecule is O=S1(=O)CC2(CCN(C3CCCC3)CC2)C1. The van der Waals surface area contributed by atoms with Gasteiger partial charge >= 0.3 is 0 Å². The third-order valence-corrected chi connectivity index (χ3v) is 6.86. The maximum absolute atomic E-state index is 11.3. The lowest BCUT2D eigenvalue weighted by Gasteiger charge is -2.48. The van der Waals surface area contributed by atoms with Gasteiger partial charge in [-0.1, -0.05) is 12.8 Å². The minimum absolute atomic E-state index is 0.188. The fraction of sp³-hybridized carbons (Fsp3) is 1.00. The highest BCUT2D eigenvalue weighted by molar-refractivity contribution is 7.92. The summed E-state index contributed by atoms with van der Waals surface area (Å²) < 4.78 is 22.6. The number of likely N-dealkylation sites (tertiary alicyclic amines) is 1. The molecule has 2 saturated heterocycles. The zero-order valence-corrected chi connectivity index (χ0v) is 10.6. The monoisotopic (exact) mass is 243 g/mol. The summed E-state index contributed by atoms with van der Waals surface area (Å²) in [4.78, 5) is 2.61. The summed E-state index contributed by atoms with van der Waals surface area (Å²) in [6.45, 7) is 2.28. The van der Waals surface area contributed by atoms with Crippen molar-refractivity contribution in [2.45, 2.75) is 44.6 Å². The fourth-order valence-electron chi connectivity index (χ4n) is 3.81. The molecule has 1 saturated carbocycles. The van der Waals surface area contributed by atoms with Crippen molar-refractivity contribution in [3.8, 4) is 0 Å². The van der Waals surface area contributed by atoms with Gasteiger partial charge in [-0.25, -0.2) is 8.42 Å². The van der Waals surface area contributed by atoms with Gasteiger partial charge in [0.1, 0.15) is 0 Å². The Labute approximate surface area is 98.1 Å². The van der Waals surface area contributed by atoms with Crippen molar-refractivity contribution in [1.82, 2.24) is 4.90 Å². The first-order valence-electron chi connectivity index (χ1n) is 6.53. The minimum Gasteiger partial charge on any atom is -0.300 e. The van der Waals surface area contributed by atoms with Gasteiger partial charge in [-0.05, 0) is 38.8 Å². The van der Waals surface area contributed by atoms with E-state index >= 15 is 0 Å². The Morgan fingerprint density at radius 3 is 2.06 bits per heavy atom. The van der Waals surface area contributed by atoms with Crippen molar-refractivity contribution >= 4 is 9.84 Å². The Kier molecular flexibility index (Phi) is 2.55. The van der Waals surface area contributed by atoms with Crippen molar-refractivity contribution < 1.29 is 8.42 Å². The Morgan fingerprint density at radius 2 is 1.56 bits per heavy atom. The van der Waals surface area contributed by atoms with Gasteiger partial charge in [0.05, 0.1) is 11.5 Å². The molecule has 0 radical (unpaired) electrons. The summed E-state index contributed by atoms with van der Waals surface area (Å²) in [6.07, 6.45) is 7.74. The molecule has 0 atom stereocenters. The highest BCUT2D eigenvalue weighted by Crippen LogP contribution is 2.43. The molecular weight excluding hydrogens is 222 g/mol. The van der Waals surface area contributed by atoms with Crippen molar-refractivity contribution in [3.05, 3.63) is 0 Å². The van der Waals surface area contributed by atoms with Crippen molar-refractivity contribution in [2.24, 2.45) is 5.41 Å². The van der Waals surface area contributed by atoms with Crippen LogP contribution in [0, 0.1) is 5.41 Å². The van der Waals surface area contributed by atoms with Crippen LogP contribution in [0.4, 0.5) is 0 Å². The molecule has 92 valence electrons. The summed E-state index contributed by atoms with van der Waals surface area (Å²) in [5.74, 6) is 0.941. The Balaban J connectivity index is 1.56. The van der Waals surface area contributed by atoms with Crippen LogP contribution in [0.1, 0.15) is 38.5 Å². The molecule has 1 spiro atoms. The predicted molar refractivity (Wildman–Crippen MR) is 64.1 cm³/mol. The average Bonchev–Trinajstić information content (AvgIpc) is 2.69. The van der Waals surface area contributed by atoms with Crippen LogP contribution in [0.15, 0.2) is 0 Å². The third kappa shape index (κ3) is 1.90. The van der Waals surface area contributed by atoms with Gasteiger partial charge in [0, 0.05) is 11.5 Å². The summed E-state index contributed by atoms with van der Waals surface area (Å²) >= 11 is 0. The van der Waals surface area contributed by atoms with Crippen molar-refractivity contribution in [1.29, 1.82) is 0 Å². The maximum Gasteiger partial charge on any atom is 0.151 e. The van der Waals surface area contributed by atoms with Crippen molar-refractivity contribution in [3.63, 3.8) is 0 Å². The average molecular weight is 243 g/mol. The summed E-state index contributed by atoms with van der Waals surface area (Å²) in [7, 11) is -2.64. The lowest BCUT2D eigenvalue weighted by molar-refractivity contribution is 0.0910. The van der Waals surface area contributed by atoms with Gasteiger partial charge in [0.2, 0.25) is 0 Å². The van der Waals surface area contributed by atoms with Crippen LogP contribution in [0.25, 0.3) is 0 Å². The predicted octanol–water partition coefficient (Wildman–Crippen LogP) is 1.44. The highest BCUT2D eigenvalue weighted by atomic mass is 32.2. The molecule has 2 heterocycles. The summed E-state index contributed by atoms with van der Waals surface area (Å²) in [5.41, 5.74) is 0.188. The van der Waals surface area contributed by atoms with E-state index in [1.807, 2.05) is 0 Å². The molecule has 16 heavy (non-hydrogen) atoms. The van der Waals surface area contributed by atoms with Gasteiger partial charge in [-0.15, -0.1) is 0 Å². The number of sulfone groups is 1. The van der Waals surface area contributed by atoms with Crippen LogP contribution in [0.2, 0.25) is 0 Å². The van der Waals surface area contributed by atoms with Crippen LogP contribution in [-0.4, -0.2) is 44.0 Å². The largest absolute Gasteiger partial charge is 0.300 e. The molecule has 0 aromatic heterocycles. The topological polar surface area (TPSA) is 37.4 Å². The quantitative estimate of drug-likeness (QED) is 0.699. The van der Waals surface area contributed by atoms with Gasteiger partial charge in [0.25, 0.3) is 0 Å². The normalized spacial score (nSPS) is 34.0. The first kappa shape index (κ1) is 11.0. The maximum atomic E-state index is 11.3. The second-order valence-electron chi connectivity index (χ2n) is 6.01. The second kappa shape index (κ2) is 3.70. The molecule has 0 amide bonds.